The second-order valence-electron chi connectivity index (χ2n) is 10.1. The molecule has 1 N–H and O–H groups in total. The third-order valence-corrected chi connectivity index (χ3v) is 7.23. The molecule has 41 heavy (non-hydrogen) atoms. The van der Waals surface area contributed by atoms with Crippen molar-refractivity contribution in [3.05, 3.63) is 81.9 Å². The summed E-state index contributed by atoms with van der Waals surface area (Å²) in [4.78, 5) is 43.2. The number of carboxylic acids is 1. The molecular weight excluding hydrogens is 551 g/mol. The van der Waals surface area contributed by atoms with Crippen LogP contribution in [0.5, 0.6) is 0 Å². The van der Waals surface area contributed by atoms with E-state index in [1.165, 1.54) is 6.20 Å². The van der Waals surface area contributed by atoms with Gasteiger partial charge in [0.2, 0.25) is 0 Å². The summed E-state index contributed by atoms with van der Waals surface area (Å²) in [7, 11) is 0. The summed E-state index contributed by atoms with van der Waals surface area (Å²) in [6.45, 7) is 1.94. The molecule has 2 heterocycles. The van der Waals surface area contributed by atoms with E-state index >= 15 is 0 Å². The van der Waals surface area contributed by atoms with Gasteiger partial charge in [0.15, 0.2) is 11.5 Å². The van der Waals surface area contributed by atoms with Crippen LogP contribution < -0.4 is 0 Å². The topological polar surface area (TPSA) is 105 Å². The molecule has 1 aliphatic rings. The molecule has 1 aromatic carbocycles. The van der Waals surface area contributed by atoms with E-state index in [9.17, 15) is 41.4 Å². The Morgan fingerprint density at radius 1 is 1.05 bits per heavy atom. The summed E-state index contributed by atoms with van der Waals surface area (Å²) in [5, 5.41) is 13.1. The minimum atomic E-state index is -5.03. The molecule has 0 saturated heterocycles. The summed E-state index contributed by atoms with van der Waals surface area (Å²) in [6.07, 6.45) is -2.26. The molecule has 1 saturated carbocycles. The van der Waals surface area contributed by atoms with E-state index in [1.54, 1.807) is 19.9 Å². The van der Waals surface area contributed by atoms with Crippen LogP contribution in [0.3, 0.4) is 0 Å². The van der Waals surface area contributed by atoms with Crippen LogP contribution in [0.1, 0.15) is 75.0 Å². The van der Waals surface area contributed by atoms with Gasteiger partial charge in [0.1, 0.15) is 11.6 Å². The molecule has 4 rings (SSSR count). The van der Waals surface area contributed by atoms with Crippen LogP contribution in [0.25, 0.3) is 0 Å². The van der Waals surface area contributed by atoms with Crippen LogP contribution in [0.4, 0.5) is 22.0 Å². The highest BCUT2D eigenvalue weighted by atomic mass is 19.4. The van der Waals surface area contributed by atoms with Crippen LogP contribution in [0.15, 0.2) is 36.7 Å². The number of pyridine rings is 1. The number of carboxylic acid groups (broad SMARTS) is 1. The van der Waals surface area contributed by atoms with Crippen molar-refractivity contribution in [2.24, 2.45) is 5.92 Å². The first-order chi connectivity index (χ1) is 19.3. The molecular formula is C28H27F5N4O4. The number of alkyl halides is 3. The number of rotatable bonds is 8. The number of Topliss-reactive ketones (excluding diaryl/α,β-unsaturated/α-hetero) is 1. The van der Waals surface area contributed by atoms with Gasteiger partial charge in [-0.15, -0.1) is 0 Å². The number of aryl methyl sites for hydroxylation is 2. The smallest absolute Gasteiger partial charge is 0.433 e. The third kappa shape index (κ3) is 6.60. The van der Waals surface area contributed by atoms with Gasteiger partial charge in [-0.25, -0.2) is 8.78 Å². The highest BCUT2D eigenvalue weighted by Crippen LogP contribution is 2.39. The van der Waals surface area contributed by atoms with Crippen LogP contribution in [0.2, 0.25) is 0 Å². The summed E-state index contributed by atoms with van der Waals surface area (Å²) < 4.78 is 71.7. The summed E-state index contributed by atoms with van der Waals surface area (Å²) in [5.41, 5.74) is -1.18. The lowest BCUT2D eigenvalue weighted by Gasteiger charge is -2.28. The summed E-state index contributed by atoms with van der Waals surface area (Å²) >= 11 is 0. The monoisotopic (exact) mass is 578 g/mol. The largest absolute Gasteiger partial charge is 0.481 e. The number of hydrogen-bond donors (Lipinski definition) is 1. The molecule has 0 atom stereocenters. The average Bonchev–Trinajstić information content (AvgIpc) is 3.33. The first-order valence-corrected chi connectivity index (χ1v) is 12.8. The fourth-order valence-corrected chi connectivity index (χ4v) is 5.31. The Balaban J connectivity index is 1.73. The number of amides is 1. The Morgan fingerprint density at radius 3 is 2.24 bits per heavy atom. The van der Waals surface area contributed by atoms with E-state index < -0.39 is 71.8 Å². The van der Waals surface area contributed by atoms with Crippen molar-refractivity contribution < 1.29 is 41.4 Å². The first kappa shape index (κ1) is 29.8. The predicted molar refractivity (Wildman–Crippen MR) is 135 cm³/mol. The summed E-state index contributed by atoms with van der Waals surface area (Å²) in [5.74, 6) is -5.45. The zero-order valence-electron chi connectivity index (χ0n) is 22.2. The van der Waals surface area contributed by atoms with Crippen molar-refractivity contribution in [2.75, 3.05) is 6.54 Å². The first-order valence-electron chi connectivity index (χ1n) is 12.8. The second-order valence-corrected chi connectivity index (χ2v) is 10.1. The molecule has 0 unspecified atom stereocenters. The van der Waals surface area contributed by atoms with Crippen molar-refractivity contribution in [3.8, 4) is 0 Å². The van der Waals surface area contributed by atoms with Gasteiger partial charge in [0, 0.05) is 30.1 Å². The second kappa shape index (κ2) is 11.8. The van der Waals surface area contributed by atoms with Crippen molar-refractivity contribution in [3.63, 3.8) is 0 Å². The normalized spacial score (nSPS) is 17.3. The molecule has 1 aliphatic carbocycles. The fraction of sp³-hybridized carbons (Fsp3) is 0.393. The van der Waals surface area contributed by atoms with Crippen LogP contribution in [-0.4, -0.2) is 49.0 Å². The maximum absolute atomic E-state index is 14.4. The Bertz CT molecular complexity index is 1440. The fourth-order valence-electron chi connectivity index (χ4n) is 5.31. The molecule has 3 aromatic rings. The van der Waals surface area contributed by atoms with Crippen molar-refractivity contribution >= 4 is 17.7 Å². The Kier molecular flexibility index (Phi) is 8.55. The van der Waals surface area contributed by atoms with Gasteiger partial charge < -0.3 is 10.0 Å². The van der Waals surface area contributed by atoms with Gasteiger partial charge in [-0.1, -0.05) is 0 Å². The maximum Gasteiger partial charge on any atom is 0.433 e. The zero-order valence-corrected chi connectivity index (χ0v) is 22.2. The molecule has 218 valence electrons. The van der Waals surface area contributed by atoms with Gasteiger partial charge in [-0.05, 0) is 68.9 Å². The number of nitrogens with zero attached hydrogens (tertiary/aromatic N) is 4. The Labute approximate surface area is 231 Å². The van der Waals surface area contributed by atoms with Crippen molar-refractivity contribution in [1.29, 1.82) is 0 Å². The number of ketones is 1. The number of hydrogen-bond acceptors (Lipinski definition) is 5. The molecule has 0 aliphatic heterocycles. The number of benzene rings is 1. The van der Waals surface area contributed by atoms with E-state index in [0.717, 1.165) is 23.2 Å². The van der Waals surface area contributed by atoms with Crippen LogP contribution >= 0.6 is 0 Å². The number of carbonyl (C=O) groups excluding carboxylic acids is 2. The van der Waals surface area contributed by atoms with Gasteiger partial charge in [-0.3, -0.25) is 24.0 Å². The Morgan fingerprint density at radius 2 is 1.68 bits per heavy atom. The van der Waals surface area contributed by atoms with E-state index in [1.807, 2.05) is 0 Å². The lowest BCUT2D eigenvalue weighted by atomic mass is 9.86. The molecule has 1 amide bonds. The number of halogens is 5. The Hall–Kier alpha value is -4.16. The maximum atomic E-state index is 14.4. The molecule has 0 bridgehead atoms. The summed E-state index contributed by atoms with van der Waals surface area (Å²) in [6, 6.07) is 3.22. The minimum absolute atomic E-state index is 0.0729. The predicted octanol–water partition coefficient (Wildman–Crippen LogP) is 5.53. The van der Waals surface area contributed by atoms with E-state index in [-0.39, 0.29) is 36.8 Å². The molecule has 2 aromatic heterocycles. The average molecular weight is 579 g/mol. The van der Waals surface area contributed by atoms with Gasteiger partial charge in [0.25, 0.3) is 5.91 Å². The SMILES string of the molecule is Cc1ccnc(C)c1C(=O)CN(Cc1cc(F)cc(F)c1)C(=O)c1cnn(C2CCC(C(=O)O)CC2)c1C(F)(F)F. The molecule has 0 radical (unpaired) electrons. The van der Waals surface area contributed by atoms with Gasteiger partial charge in [0.05, 0.1) is 30.3 Å². The van der Waals surface area contributed by atoms with E-state index in [0.29, 0.717) is 22.0 Å². The van der Waals surface area contributed by atoms with E-state index in [4.69, 9.17) is 0 Å². The standard InChI is InChI=1S/C28H27F5N4O4/c1-15-7-8-34-16(2)24(15)23(38)14-36(13-17-9-19(29)11-20(30)10-17)26(39)22-12-35-37(25(22)28(31,32)33)21-5-3-18(4-6-21)27(40)41/h7-12,18,21H,3-6,13-14H2,1-2H3,(H,40,41). The highest BCUT2D eigenvalue weighted by molar-refractivity contribution is 6.03. The number of aliphatic carboxylic acids is 1. The van der Waals surface area contributed by atoms with Gasteiger partial charge in [-0.2, -0.15) is 18.3 Å². The van der Waals surface area contributed by atoms with Crippen LogP contribution in [-0.2, 0) is 17.5 Å². The van der Waals surface area contributed by atoms with Crippen molar-refractivity contribution in [2.45, 2.75) is 58.3 Å². The minimum Gasteiger partial charge on any atom is -0.481 e. The number of carbonyl (C=O) groups is 3. The lowest BCUT2D eigenvalue weighted by Crippen LogP contribution is -2.37. The molecule has 0 spiro atoms. The number of aromatic nitrogens is 3. The lowest BCUT2D eigenvalue weighted by molar-refractivity contribution is -0.147. The van der Waals surface area contributed by atoms with Crippen molar-refractivity contribution in [1.82, 2.24) is 19.7 Å². The zero-order chi connectivity index (χ0) is 30.1. The van der Waals surface area contributed by atoms with E-state index in [2.05, 4.69) is 10.1 Å². The van der Waals surface area contributed by atoms with Crippen LogP contribution in [0, 0.1) is 31.4 Å². The third-order valence-electron chi connectivity index (χ3n) is 7.23. The molecule has 1 fully saturated rings. The molecule has 8 nitrogen and oxygen atoms in total. The highest BCUT2D eigenvalue weighted by Gasteiger charge is 2.43. The van der Waals surface area contributed by atoms with Gasteiger partial charge >= 0.3 is 12.1 Å². The molecule has 13 heteroatoms. The quantitative estimate of drug-likeness (QED) is 0.278.